The van der Waals surface area contributed by atoms with Crippen LogP contribution in [0, 0.1) is 5.82 Å². The number of hydrogen-bond donors (Lipinski definition) is 1. The maximum Gasteiger partial charge on any atom is 0.286 e. The number of ether oxygens (including phenoxy) is 1. The number of rotatable bonds is 4. The Bertz CT molecular complexity index is 1140. The van der Waals surface area contributed by atoms with Crippen molar-refractivity contribution in [3.8, 4) is 5.75 Å². The lowest BCUT2D eigenvalue weighted by Gasteiger charge is -2.16. The smallest absolute Gasteiger partial charge is 0.286 e. The van der Waals surface area contributed by atoms with Gasteiger partial charge in [-0.25, -0.2) is 4.39 Å². The number of carbonyl (C=O) groups excluding carboxylic acids is 1. The van der Waals surface area contributed by atoms with E-state index in [1.807, 2.05) is 12.1 Å². The largest absolute Gasteiger partial charge is 0.488 e. The Morgan fingerprint density at radius 2 is 1.93 bits per heavy atom. The van der Waals surface area contributed by atoms with Gasteiger partial charge in [0.2, 0.25) is 5.01 Å². The van der Waals surface area contributed by atoms with Crippen molar-refractivity contribution >= 4 is 57.2 Å². The fraction of sp³-hybridized carbons (Fsp3) is 0.0500. The molecule has 2 heterocycles. The highest BCUT2D eigenvalue weighted by molar-refractivity contribution is 7.15. The average molecular weight is 448 g/mol. The summed E-state index contributed by atoms with van der Waals surface area (Å²) in [6.45, 7) is 0.349. The van der Waals surface area contributed by atoms with Crippen molar-refractivity contribution in [3.63, 3.8) is 0 Å². The molecule has 0 unspecified atom stereocenters. The van der Waals surface area contributed by atoms with Crippen LogP contribution < -0.4 is 10.1 Å². The molecule has 29 heavy (non-hydrogen) atoms. The molecule has 1 amide bonds. The Labute approximate surface area is 179 Å². The number of nitrogens with one attached hydrogen (secondary N) is 1. The van der Waals surface area contributed by atoms with Gasteiger partial charge in [-0.15, -0.1) is 10.2 Å². The van der Waals surface area contributed by atoms with Crippen molar-refractivity contribution < 1.29 is 13.9 Å². The zero-order valence-electron chi connectivity index (χ0n) is 14.7. The van der Waals surface area contributed by atoms with Gasteiger partial charge in [-0.2, -0.15) is 0 Å². The molecule has 1 aliphatic rings. The quantitative estimate of drug-likeness (QED) is 0.561. The van der Waals surface area contributed by atoms with E-state index in [9.17, 15) is 9.18 Å². The molecule has 4 rings (SSSR count). The topological polar surface area (TPSA) is 64.1 Å². The maximum absolute atomic E-state index is 13.0. The predicted molar refractivity (Wildman–Crippen MR) is 113 cm³/mol. The van der Waals surface area contributed by atoms with Crippen LogP contribution >= 0.6 is 34.5 Å². The molecule has 0 fully saturated rings. The standard InChI is InChI=1S/C20H12Cl2FN3O2S/c21-13-1-6-17-12(9-13)7-11(10-28-17)8-16(22)19-25-26-20(29-19)18(27)24-15-4-2-14(23)3-5-15/h1-9H,10H2,(H,24,27)/b16-8-. The van der Waals surface area contributed by atoms with Gasteiger partial charge in [-0.1, -0.05) is 34.5 Å². The summed E-state index contributed by atoms with van der Waals surface area (Å²) in [5, 5.41) is 12.0. The normalized spacial score (nSPS) is 13.3. The second-order valence-electron chi connectivity index (χ2n) is 6.06. The van der Waals surface area contributed by atoms with E-state index in [4.69, 9.17) is 27.9 Å². The van der Waals surface area contributed by atoms with E-state index in [0.717, 1.165) is 28.2 Å². The van der Waals surface area contributed by atoms with Crippen molar-refractivity contribution in [2.24, 2.45) is 0 Å². The van der Waals surface area contributed by atoms with Gasteiger partial charge in [-0.3, -0.25) is 4.79 Å². The summed E-state index contributed by atoms with van der Waals surface area (Å²) in [5.74, 6) is -0.0871. The molecule has 9 heteroatoms. The first-order chi connectivity index (χ1) is 14.0. The molecule has 0 aliphatic carbocycles. The molecule has 0 radical (unpaired) electrons. The molecule has 0 atom stereocenters. The third kappa shape index (κ3) is 4.64. The average Bonchev–Trinajstić information content (AvgIpc) is 3.20. The Hall–Kier alpha value is -2.74. The van der Waals surface area contributed by atoms with Gasteiger partial charge in [0.25, 0.3) is 5.91 Å². The number of hydrogen-bond acceptors (Lipinski definition) is 5. The number of amides is 1. The summed E-state index contributed by atoms with van der Waals surface area (Å²) in [6.07, 6.45) is 3.64. The lowest BCUT2D eigenvalue weighted by molar-refractivity contribution is 0.102. The van der Waals surface area contributed by atoms with E-state index in [1.54, 1.807) is 18.2 Å². The van der Waals surface area contributed by atoms with Gasteiger partial charge in [0.05, 0.1) is 5.03 Å². The Kier molecular flexibility index (Phi) is 5.62. The van der Waals surface area contributed by atoms with Crippen molar-refractivity contribution in [1.82, 2.24) is 10.2 Å². The van der Waals surface area contributed by atoms with Crippen molar-refractivity contribution in [1.29, 1.82) is 0 Å². The Morgan fingerprint density at radius 1 is 1.17 bits per heavy atom. The Morgan fingerprint density at radius 3 is 2.72 bits per heavy atom. The highest BCUT2D eigenvalue weighted by atomic mass is 35.5. The van der Waals surface area contributed by atoms with Crippen LogP contribution in [0.5, 0.6) is 5.75 Å². The molecule has 0 saturated carbocycles. The first-order valence-electron chi connectivity index (χ1n) is 8.39. The van der Waals surface area contributed by atoms with E-state index in [0.29, 0.717) is 27.4 Å². The fourth-order valence-corrected chi connectivity index (χ4v) is 3.72. The van der Waals surface area contributed by atoms with Gasteiger partial charge in [-0.05, 0) is 60.2 Å². The van der Waals surface area contributed by atoms with E-state index in [-0.39, 0.29) is 10.8 Å². The van der Waals surface area contributed by atoms with Crippen LogP contribution in [0.15, 0.2) is 54.1 Å². The van der Waals surface area contributed by atoms with E-state index in [1.165, 1.54) is 24.3 Å². The molecule has 2 aromatic carbocycles. The van der Waals surface area contributed by atoms with E-state index in [2.05, 4.69) is 15.5 Å². The first kappa shape index (κ1) is 19.6. The molecular weight excluding hydrogens is 436 g/mol. The molecule has 1 aromatic heterocycles. The summed E-state index contributed by atoms with van der Waals surface area (Å²) in [4.78, 5) is 12.3. The zero-order chi connectivity index (χ0) is 20.4. The molecule has 5 nitrogen and oxygen atoms in total. The number of anilines is 1. The van der Waals surface area contributed by atoms with E-state index >= 15 is 0 Å². The number of fused-ring (bicyclic) bond motifs is 1. The molecule has 1 N–H and O–H groups in total. The third-order valence-electron chi connectivity index (χ3n) is 3.94. The number of carbonyl (C=O) groups is 1. The highest BCUT2D eigenvalue weighted by Crippen LogP contribution is 2.31. The summed E-state index contributed by atoms with van der Waals surface area (Å²) in [7, 11) is 0. The molecule has 1 aliphatic heterocycles. The van der Waals surface area contributed by atoms with Gasteiger partial charge >= 0.3 is 0 Å². The number of aromatic nitrogens is 2. The van der Waals surface area contributed by atoms with Crippen molar-refractivity contribution in [2.75, 3.05) is 11.9 Å². The van der Waals surface area contributed by atoms with Crippen molar-refractivity contribution in [2.45, 2.75) is 0 Å². The van der Waals surface area contributed by atoms with Crippen LogP contribution in [0.2, 0.25) is 5.02 Å². The number of halogens is 3. The molecule has 0 saturated heterocycles. The lowest BCUT2D eigenvalue weighted by Crippen LogP contribution is -2.11. The Balaban J connectivity index is 1.50. The summed E-state index contributed by atoms with van der Waals surface area (Å²) < 4.78 is 18.7. The van der Waals surface area contributed by atoms with Crippen molar-refractivity contribution in [3.05, 3.63) is 80.5 Å². The predicted octanol–water partition coefficient (Wildman–Crippen LogP) is 5.64. The van der Waals surface area contributed by atoms with E-state index < -0.39 is 5.91 Å². The molecule has 0 bridgehead atoms. The number of nitrogens with zero attached hydrogens (tertiary/aromatic N) is 2. The summed E-state index contributed by atoms with van der Waals surface area (Å²) >= 11 is 13.4. The molecule has 3 aromatic rings. The maximum atomic E-state index is 13.0. The van der Waals surface area contributed by atoms with Crippen LogP contribution in [0.25, 0.3) is 11.1 Å². The molecule has 0 spiro atoms. The third-order valence-corrected chi connectivity index (χ3v) is 5.54. The van der Waals surface area contributed by atoms with Crippen LogP contribution in [0.3, 0.4) is 0 Å². The van der Waals surface area contributed by atoms with Gasteiger partial charge in [0, 0.05) is 16.3 Å². The fourth-order valence-electron chi connectivity index (χ4n) is 2.60. The first-order valence-corrected chi connectivity index (χ1v) is 9.96. The summed E-state index contributed by atoms with van der Waals surface area (Å²) in [5.41, 5.74) is 2.14. The van der Waals surface area contributed by atoms with Crippen LogP contribution in [0.4, 0.5) is 10.1 Å². The van der Waals surface area contributed by atoms with Gasteiger partial charge < -0.3 is 10.1 Å². The second-order valence-corrected chi connectivity index (χ2v) is 7.88. The minimum atomic E-state index is -0.450. The molecular formula is C20H12Cl2FN3O2S. The minimum Gasteiger partial charge on any atom is -0.488 e. The van der Waals surface area contributed by atoms with Crippen LogP contribution in [-0.2, 0) is 0 Å². The van der Waals surface area contributed by atoms with Gasteiger partial charge in [0.1, 0.15) is 18.2 Å². The highest BCUT2D eigenvalue weighted by Gasteiger charge is 2.16. The zero-order valence-corrected chi connectivity index (χ0v) is 17.0. The number of benzene rings is 2. The monoisotopic (exact) mass is 447 g/mol. The SMILES string of the molecule is O=C(Nc1ccc(F)cc1)c1nnc(/C(Cl)=C/C2=Cc3cc(Cl)ccc3OC2)s1. The second kappa shape index (κ2) is 8.32. The molecule has 146 valence electrons. The van der Waals surface area contributed by atoms with Crippen LogP contribution in [-0.4, -0.2) is 22.7 Å². The lowest BCUT2D eigenvalue weighted by atomic mass is 10.1. The summed E-state index contributed by atoms with van der Waals surface area (Å²) in [6, 6.07) is 10.8. The van der Waals surface area contributed by atoms with Crippen LogP contribution in [0.1, 0.15) is 20.4 Å². The minimum absolute atomic E-state index is 0.141. The van der Waals surface area contributed by atoms with Gasteiger partial charge in [0.15, 0.2) is 5.01 Å².